The van der Waals surface area contributed by atoms with Crippen LogP contribution in [0.4, 0.5) is 4.39 Å². The molecule has 1 fully saturated rings. The molecule has 2 rings (SSSR count). The molecule has 0 aromatic heterocycles. The molecule has 1 aliphatic rings. The van der Waals surface area contributed by atoms with Gasteiger partial charge in [-0.1, -0.05) is 6.07 Å². The lowest BCUT2D eigenvalue weighted by atomic mass is 10.2. The monoisotopic (exact) mass is 314 g/mol. The van der Waals surface area contributed by atoms with Gasteiger partial charge in [-0.25, -0.2) is 4.39 Å². The topological polar surface area (TPSA) is 41.6 Å². The second-order valence-corrected chi connectivity index (χ2v) is 4.87. The lowest BCUT2D eigenvalue weighted by Crippen LogP contribution is -2.50. The number of ether oxygens (including phenoxy) is 1. The van der Waals surface area contributed by atoms with Gasteiger partial charge in [-0.15, -0.1) is 12.4 Å². The number of carbonyl (C=O) groups is 1. The molecule has 1 atom stereocenters. The summed E-state index contributed by atoms with van der Waals surface area (Å²) in [5.41, 5.74) is 0.639. The van der Waals surface area contributed by atoms with Gasteiger partial charge < -0.3 is 15.0 Å². The van der Waals surface area contributed by atoms with E-state index in [1.54, 1.807) is 23.1 Å². The summed E-state index contributed by atoms with van der Waals surface area (Å²) in [7, 11) is 1.42. The number of benzene rings is 1. The van der Waals surface area contributed by atoms with Crippen LogP contribution in [0.15, 0.2) is 24.3 Å². The van der Waals surface area contributed by atoms with Gasteiger partial charge in [-0.3, -0.25) is 4.79 Å². The van der Waals surface area contributed by atoms with Gasteiger partial charge in [0.15, 0.2) is 11.6 Å². The lowest BCUT2D eigenvalue weighted by Gasteiger charge is -2.31. The molecule has 0 aliphatic carbocycles. The SMILES string of the molecule is COc1ccc(/C=C/C(=O)N2CCNC(C)C2)cc1F.Cl. The van der Waals surface area contributed by atoms with E-state index in [9.17, 15) is 9.18 Å². The third-order valence-electron chi connectivity index (χ3n) is 3.27. The van der Waals surface area contributed by atoms with E-state index in [0.717, 1.165) is 6.54 Å². The number of methoxy groups -OCH3 is 1. The first-order valence-electron chi connectivity index (χ1n) is 6.64. The second-order valence-electron chi connectivity index (χ2n) is 4.87. The summed E-state index contributed by atoms with van der Waals surface area (Å²) in [5, 5.41) is 3.28. The van der Waals surface area contributed by atoms with Crippen LogP contribution in [0.25, 0.3) is 6.08 Å². The molecule has 1 N–H and O–H groups in total. The van der Waals surface area contributed by atoms with E-state index in [-0.39, 0.29) is 24.1 Å². The van der Waals surface area contributed by atoms with Gasteiger partial charge in [0.25, 0.3) is 0 Å². The third kappa shape index (κ3) is 4.72. The Balaban J connectivity index is 0.00000220. The van der Waals surface area contributed by atoms with Crippen molar-refractivity contribution in [2.24, 2.45) is 0 Å². The summed E-state index contributed by atoms with van der Waals surface area (Å²) in [4.78, 5) is 13.8. The summed E-state index contributed by atoms with van der Waals surface area (Å²) >= 11 is 0. The maximum absolute atomic E-state index is 13.5. The molecular weight excluding hydrogens is 295 g/mol. The molecule has 0 saturated carbocycles. The van der Waals surface area contributed by atoms with Gasteiger partial charge >= 0.3 is 0 Å². The van der Waals surface area contributed by atoms with Crippen molar-refractivity contribution in [1.82, 2.24) is 10.2 Å². The first-order chi connectivity index (χ1) is 9.60. The molecule has 1 saturated heterocycles. The minimum Gasteiger partial charge on any atom is -0.494 e. The quantitative estimate of drug-likeness (QED) is 0.869. The number of carbonyl (C=O) groups excluding carboxylic acids is 1. The molecule has 4 nitrogen and oxygen atoms in total. The van der Waals surface area contributed by atoms with E-state index in [4.69, 9.17) is 4.74 Å². The largest absolute Gasteiger partial charge is 0.494 e. The molecule has 1 aliphatic heterocycles. The fraction of sp³-hybridized carbons (Fsp3) is 0.400. The predicted octanol–water partition coefficient (Wildman–Crippen LogP) is 2.09. The van der Waals surface area contributed by atoms with Crippen molar-refractivity contribution in [3.63, 3.8) is 0 Å². The Labute approximate surface area is 130 Å². The average Bonchev–Trinajstić information content (AvgIpc) is 2.45. The molecule has 1 unspecified atom stereocenters. The fourth-order valence-corrected chi connectivity index (χ4v) is 2.19. The maximum Gasteiger partial charge on any atom is 0.246 e. The highest BCUT2D eigenvalue weighted by atomic mass is 35.5. The van der Waals surface area contributed by atoms with Gasteiger partial charge in [0, 0.05) is 31.8 Å². The molecule has 1 aromatic rings. The highest BCUT2D eigenvalue weighted by molar-refractivity contribution is 5.91. The molecule has 1 amide bonds. The number of amides is 1. The highest BCUT2D eigenvalue weighted by Gasteiger charge is 2.18. The van der Waals surface area contributed by atoms with E-state index < -0.39 is 5.82 Å². The molecule has 0 radical (unpaired) electrons. The van der Waals surface area contributed by atoms with Crippen molar-refractivity contribution in [3.8, 4) is 5.75 Å². The Bertz CT molecular complexity index is 522. The summed E-state index contributed by atoms with van der Waals surface area (Å²) in [6.07, 6.45) is 3.11. The Morgan fingerprint density at radius 2 is 2.29 bits per heavy atom. The maximum atomic E-state index is 13.5. The Kier molecular flexibility index (Phi) is 6.65. The van der Waals surface area contributed by atoms with E-state index >= 15 is 0 Å². The van der Waals surface area contributed by atoms with E-state index in [1.165, 1.54) is 19.3 Å². The molecule has 1 aromatic carbocycles. The minimum absolute atomic E-state index is 0. The van der Waals surface area contributed by atoms with Crippen LogP contribution in [-0.2, 0) is 4.79 Å². The van der Waals surface area contributed by atoms with Gasteiger partial charge in [0.2, 0.25) is 5.91 Å². The first kappa shape index (κ1) is 17.5. The zero-order valence-electron chi connectivity index (χ0n) is 12.1. The second kappa shape index (κ2) is 8.00. The van der Waals surface area contributed by atoms with E-state index in [1.807, 2.05) is 6.92 Å². The lowest BCUT2D eigenvalue weighted by molar-refractivity contribution is -0.127. The van der Waals surface area contributed by atoms with Crippen LogP contribution in [0.3, 0.4) is 0 Å². The zero-order chi connectivity index (χ0) is 14.5. The van der Waals surface area contributed by atoms with Crippen molar-refractivity contribution in [3.05, 3.63) is 35.7 Å². The van der Waals surface area contributed by atoms with Crippen LogP contribution < -0.4 is 10.1 Å². The number of rotatable bonds is 3. The van der Waals surface area contributed by atoms with Crippen molar-refractivity contribution in [2.45, 2.75) is 13.0 Å². The van der Waals surface area contributed by atoms with Crippen molar-refractivity contribution in [1.29, 1.82) is 0 Å². The third-order valence-corrected chi connectivity index (χ3v) is 3.27. The number of halogens is 2. The molecule has 21 heavy (non-hydrogen) atoms. The average molecular weight is 315 g/mol. The standard InChI is InChI=1S/C15H19FN2O2.ClH/c1-11-10-18(8-7-17-11)15(19)6-4-12-3-5-14(20-2)13(16)9-12;/h3-6,9,11,17H,7-8,10H2,1-2H3;1H/b6-4+;. The Morgan fingerprint density at radius 3 is 2.90 bits per heavy atom. The predicted molar refractivity (Wildman–Crippen MR) is 83.3 cm³/mol. The van der Waals surface area contributed by atoms with Crippen LogP contribution >= 0.6 is 12.4 Å². The van der Waals surface area contributed by atoms with Gasteiger partial charge in [-0.2, -0.15) is 0 Å². The van der Waals surface area contributed by atoms with Crippen molar-refractivity contribution < 1.29 is 13.9 Å². The number of nitrogens with zero attached hydrogens (tertiary/aromatic N) is 1. The van der Waals surface area contributed by atoms with Gasteiger partial charge in [0.1, 0.15) is 0 Å². The number of hydrogen-bond donors (Lipinski definition) is 1. The van der Waals surface area contributed by atoms with Crippen LogP contribution in [-0.4, -0.2) is 43.6 Å². The summed E-state index contributed by atoms with van der Waals surface area (Å²) in [5.74, 6) is -0.281. The zero-order valence-corrected chi connectivity index (χ0v) is 13.0. The molecule has 0 spiro atoms. The highest BCUT2D eigenvalue weighted by Crippen LogP contribution is 2.18. The Hall–Kier alpha value is -1.59. The summed E-state index contributed by atoms with van der Waals surface area (Å²) in [6.45, 7) is 4.24. The normalized spacial score (nSPS) is 18.4. The van der Waals surface area contributed by atoms with Gasteiger partial charge in [0.05, 0.1) is 7.11 Å². The molecule has 116 valence electrons. The molecular formula is C15H20ClFN2O2. The summed E-state index contributed by atoms with van der Waals surface area (Å²) < 4.78 is 18.4. The van der Waals surface area contributed by atoms with E-state index in [2.05, 4.69) is 5.32 Å². The van der Waals surface area contributed by atoms with Crippen LogP contribution in [0.2, 0.25) is 0 Å². The minimum atomic E-state index is -0.433. The smallest absolute Gasteiger partial charge is 0.246 e. The summed E-state index contributed by atoms with van der Waals surface area (Å²) in [6, 6.07) is 4.92. The van der Waals surface area contributed by atoms with Gasteiger partial charge in [-0.05, 0) is 30.7 Å². The molecule has 0 bridgehead atoms. The first-order valence-corrected chi connectivity index (χ1v) is 6.64. The Morgan fingerprint density at radius 1 is 1.52 bits per heavy atom. The number of hydrogen-bond acceptors (Lipinski definition) is 3. The van der Waals surface area contributed by atoms with Crippen molar-refractivity contribution in [2.75, 3.05) is 26.7 Å². The molecule has 1 heterocycles. The van der Waals surface area contributed by atoms with Crippen LogP contribution in [0.5, 0.6) is 5.75 Å². The number of nitrogens with one attached hydrogen (secondary N) is 1. The van der Waals surface area contributed by atoms with Crippen LogP contribution in [0, 0.1) is 5.82 Å². The van der Waals surface area contributed by atoms with Crippen LogP contribution in [0.1, 0.15) is 12.5 Å². The molecule has 6 heteroatoms. The fourth-order valence-electron chi connectivity index (χ4n) is 2.19. The van der Waals surface area contributed by atoms with E-state index in [0.29, 0.717) is 24.7 Å². The number of piperazine rings is 1. The van der Waals surface area contributed by atoms with Crippen molar-refractivity contribution >= 4 is 24.4 Å².